The minimum atomic E-state index is -3.65. The number of aromatic nitrogens is 1. The van der Waals surface area contributed by atoms with Gasteiger partial charge in [0, 0.05) is 24.0 Å². The van der Waals surface area contributed by atoms with Crippen molar-refractivity contribution in [2.75, 3.05) is 13.1 Å². The van der Waals surface area contributed by atoms with E-state index in [1.165, 1.54) is 28.6 Å². The number of ether oxygens (including phenoxy) is 1. The van der Waals surface area contributed by atoms with Crippen LogP contribution in [0.15, 0.2) is 51.1 Å². The number of sulfonamides is 1. The average molecular weight is 476 g/mol. The van der Waals surface area contributed by atoms with Gasteiger partial charge in [0.25, 0.3) is 5.91 Å². The average Bonchev–Trinajstić information content (AvgIpc) is 3.40. The molecule has 10 heteroatoms. The van der Waals surface area contributed by atoms with Gasteiger partial charge in [-0.1, -0.05) is 0 Å². The summed E-state index contributed by atoms with van der Waals surface area (Å²) in [5.74, 6) is 0.943. The fraction of sp³-hybridized carbons (Fsp3) is 0.364. The first-order valence-electron chi connectivity index (χ1n) is 10.3. The zero-order chi connectivity index (χ0) is 22.9. The molecule has 1 aliphatic heterocycles. The van der Waals surface area contributed by atoms with E-state index in [-0.39, 0.29) is 29.6 Å². The van der Waals surface area contributed by atoms with Crippen molar-refractivity contribution < 1.29 is 22.4 Å². The molecule has 32 heavy (non-hydrogen) atoms. The summed E-state index contributed by atoms with van der Waals surface area (Å²) in [5.41, 5.74) is 1.14. The lowest BCUT2D eigenvalue weighted by Crippen LogP contribution is -2.48. The zero-order valence-corrected chi connectivity index (χ0v) is 19.7. The van der Waals surface area contributed by atoms with Crippen LogP contribution in [0.25, 0.3) is 11.5 Å². The highest BCUT2D eigenvalue weighted by atomic mass is 32.2. The van der Waals surface area contributed by atoms with Crippen LogP contribution in [0, 0.1) is 6.92 Å². The molecule has 0 radical (unpaired) electrons. The second-order valence-corrected chi connectivity index (χ2v) is 10.8. The number of furan rings is 1. The number of carbonyl (C=O) groups is 1. The third-order valence-corrected chi connectivity index (χ3v) is 7.72. The van der Waals surface area contributed by atoms with Crippen molar-refractivity contribution in [1.29, 1.82) is 0 Å². The minimum Gasteiger partial charge on any atom is -0.458 e. The molecule has 3 heterocycles. The van der Waals surface area contributed by atoms with Crippen molar-refractivity contribution in [1.82, 2.24) is 14.6 Å². The van der Waals surface area contributed by atoms with Crippen molar-refractivity contribution in [2.24, 2.45) is 0 Å². The van der Waals surface area contributed by atoms with Crippen LogP contribution in [0.5, 0.6) is 0 Å². The summed E-state index contributed by atoms with van der Waals surface area (Å²) in [5, 5.41) is 5.67. The van der Waals surface area contributed by atoms with Crippen LogP contribution in [0.4, 0.5) is 0 Å². The van der Waals surface area contributed by atoms with Gasteiger partial charge in [-0.3, -0.25) is 4.79 Å². The normalized spacial score (nSPS) is 19.7. The second-order valence-electron chi connectivity index (χ2n) is 7.80. The SMILES string of the molecule is Cc1nc(-c2ccc(CNC(=O)c3ccc(S(=O)(=O)N4C[C@@H](C)O[C@@H](C)C4)cc3)o2)cs1. The number of aryl methyl sites for hydroxylation is 1. The lowest BCUT2D eigenvalue weighted by molar-refractivity contribution is -0.0440. The van der Waals surface area contributed by atoms with Crippen LogP contribution < -0.4 is 5.32 Å². The van der Waals surface area contributed by atoms with Crippen molar-refractivity contribution >= 4 is 27.3 Å². The maximum atomic E-state index is 12.9. The smallest absolute Gasteiger partial charge is 0.251 e. The van der Waals surface area contributed by atoms with E-state index in [0.717, 1.165) is 10.7 Å². The van der Waals surface area contributed by atoms with E-state index in [4.69, 9.17) is 9.15 Å². The number of hydrogen-bond donors (Lipinski definition) is 1. The number of nitrogens with zero attached hydrogens (tertiary/aromatic N) is 2. The van der Waals surface area contributed by atoms with Crippen molar-refractivity contribution in [3.63, 3.8) is 0 Å². The number of nitrogens with one attached hydrogen (secondary N) is 1. The molecule has 3 aromatic rings. The predicted octanol–water partition coefficient (Wildman–Crippen LogP) is 3.44. The van der Waals surface area contributed by atoms with Gasteiger partial charge in [-0.25, -0.2) is 13.4 Å². The van der Waals surface area contributed by atoms with E-state index in [9.17, 15) is 13.2 Å². The number of amides is 1. The summed E-state index contributed by atoms with van der Waals surface area (Å²) < 4.78 is 38.7. The van der Waals surface area contributed by atoms with Crippen molar-refractivity contribution in [3.05, 3.63) is 58.1 Å². The lowest BCUT2D eigenvalue weighted by Gasteiger charge is -2.34. The van der Waals surface area contributed by atoms with E-state index in [1.807, 2.05) is 32.2 Å². The molecule has 1 amide bonds. The summed E-state index contributed by atoms with van der Waals surface area (Å²) in [6.07, 6.45) is -0.333. The van der Waals surface area contributed by atoms with Gasteiger partial charge in [0.15, 0.2) is 5.76 Å². The fourth-order valence-electron chi connectivity index (χ4n) is 3.61. The highest BCUT2D eigenvalue weighted by Crippen LogP contribution is 2.24. The quantitative estimate of drug-likeness (QED) is 0.586. The molecule has 1 N–H and O–H groups in total. The molecule has 0 spiro atoms. The first-order valence-corrected chi connectivity index (χ1v) is 12.6. The van der Waals surface area contributed by atoms with Crippen LogP contribution >= 0.6 is 11.3 Å². The van der Waals surface area contributed by atoms with E-state index in [0.29, 0.717) is 30.2 Å². The Hall–Kier alpha value is -2.53. The van der Waals surface area contributed by atoms with Crippen LogP contribution in [0.1, 0.15) is 35.0 Å². The molecule has 0 unspecified atom stereocenters. The Morgan fingerprint density at radius 2 is 1.84 bits per heavy atom. The topological polar surface area (TPSA) is 102 Å². The second kappa shape index (κ2) is 9.14. The third-order valence-electron chi connectivity index (χ3n) is 5.10. The zero-order valence-electron chi connectivity index (χ0n) is 18.1. The van der Waals surface area contributed by atoms with Crippen LogP contribution in [-0.2, 0) is 21.3 Å². The van der Waals surface area contributed by atoms with Gasteiger partial charge in [-0.15, -0.1) is 11.3 Å². The molecule has 4 rings (SSSR count). The van der Waals surface area contributed by atoms with Gasteiger partial charge >= 0.3 is 0 Å². The Bertz CT molecular complexity index is 1190. The summed E-state index contributed by atoms with van der Waals surface area (Å²) in [6.45, 7) is 6.46. The molecule has 1 aromatic carbocycles. The molecule has 8 nitrogen and oxygen atoms in total. The van der Waals surface area contributed by atoms with Crippen LogP contribution in [0.3, 0.4) is 0 Å². The summed E-state index contributed by atoms with van der Waals surface area (Å²) in [7, 11) is -3.65. The molecule has 0 bridgehead atoms. The number of rotatable bonds is 6. The predicted molar refractivity (Wildman–Crippen MR) is 121 cm³/mol. The number of carbonyl (C=O) groups excluding carboxylic acids is 1. The minimum absolute atomic E-state index is 0.157. The summed E-state index contributed by atoms with van der Waals surface area (Å²) >= 11 is 1.54. The Morgan fingerprint density at radius 3 is 2.47 bits per heavy atom. The molecule has 1 aliphatic rings. The molecule has 0 aliphatic carbocycles. The highest BCUT2D eigenvalue weighted by Gasteiger charge is 2.32. The number of thiazole rings is 1. The van der Waals surface area contributed by atoms with Gasteiger partial charge in [-0.2, -0.15) is 4.31 Å². The first kappa shape index (κ1) is 22.7. The first-order chi connectivity index (χ1) is 15.2. The van der Waals surface area contributed by atoms with Crippen LogP contribution in [-0.4, -0.2) is 48.9 Å². The maximum Gasteiger partial charge on any atom is 0.251 e. The Kier molecular flexibility index (Phi) is 6.47. The standard InChI is InChI=1S/C22H25N3O5S2/c1-14-11-25(12-15(2)29-14)32(27,28)19-7-4-17(5-8-19)22(26)23-10-18-6-9-21(30-18)20-13-31-16(3)24-20/h4-9,13-15H,10-12H2,1-3H3,(H,23,26)/t14-,15+. The molecular weight excluding hydrogens is 450 g/mol. The largest absolute Gasteiger partial charge is 0.458 e. The molecule has 1 fully saturated rings. The monoisotopic (exact) mass is 475 g/mol. The summed E-state index contributed by atoms with van der Waals surface area (Å²) in [4.78, 5) is 17.0. The Balaban J connectivity index is 1.38. The molecular formula is C22H25N3O5S2. The van der Waals surface area contributed by atoms with E-state index < -0.39 is 10.0 Å². The van der Waals surface area contributed by atoms with Gasteiger partial charge < -0.3 is 14.5 Å². The Morgan fingerprint density at radius 1 is 1.16 bits per heavy atom. The molecule has 1 saturated heterocycles. The van der Waals surface area contributed by atoms with Gasteiger partial charge in [0.1, 0.15) is 11.5 Å². The van der Waals surface area contributed by atoms with Gasteiger partial charge in [0.05, 0.1) is 28.7 Å². The number of morpholine rings is 1. The van der Waals surface area contributed by atoms with Crippen molar-refractivity contribution in [3.8, 4) is 11.5 Å². The summed E-state index contributed by atoms with van der Waals surface area (Å²) in [6, 6.07) is 9.57. The van der Waals surface area contributed by atoms with Crippen LogP contribution in [0.2, 0.25) is 0 Å². The van der Waals surface area contributed by atoms with Crippen molar-refractivity contribution in [2.45, 2.75) is 44.4 Å². The van der Waals surface area contributed by atoms with Gasteiger partial charge in [0.2, 0.25) is 10.0 Å². The Labute approximate surface area is 191 Å². The van der Waals surface area contributed by atoms with E-state index >= 15 is 0 Å². The van der Waals surface area contributed by atoms with E-state index in [1.54, 1.807) is 17.4 Å². The number of hydrogen-bond acceptors (Lipinski definition) is 7. The molecule has 2 atom stereocenters. The van der Waals surface area contributed by atoms with E-state index in [2.05, 4.69) is 10.3 Å². The molecule has 2 aromatic heterocycles. The van der Waals surface area contributed by atoms with Gasteiger partial charge in [-0.05, 0) is 57.2 Å². The third kappa shape index (κ3) is 4.93. The highest BCUT2D eigenvalue weighted by molar-refractivity contribution is 7.89. The fourth-order valence-corrected chi connectivity index (χ4v) is 5.80. The maximum absolute atomic E-state index is 12.9. The number of benzene rings is 1. The molecule has 0 saturated carbocycles. The lowest BCUT2D eigenvalue weighted by atomic mass is 10.2. The molecule has 170 valence electrons.